The van der Waals surface area contributed by atoms with Crippen molar-refractivity contribution in [2.75, 3.05) is 20.2 Å². The fraction of sp³-hybridized carbons (Fsp3) is 0.652. The molecule has 1 aliphatic carbocycles. The Kier molecular flexibility index (Phi) is 7.93. The predicted octanol–water partition coefficient (Wildman–Crippen LogP) is 2.48. The van der Waals surface area contributed by atoms with E-state index in [2.05, 4.69) is 15.6 Å². The molecule has 2 heterocycles. The summed E-state index contributed by atoms with van der Waals surface area (Å²) in [6.45, 7) is 4.25. The number of H-pyrrole nitrogens is 1. The number of ketones is 1. The van der Waals surface area contributed by atoms with Crippen LogP contribution in [-0.2, 0) is 16.0 Å². The molecule has 2 fully saturated rings. The third-order valence-electron chi connectivity index (χ3n) is 6.49. The van der Waals surface area contributed by atoms with Crippen molar-refractivity contribution >= 4 is 23.7 Å². The first kappa shape index (κ1) is 23.8. The van der Waals surface area contributed by atoms with Crippen molar-refractivity contribution in [1.29, 1.82) is 0 Å². The molecule has 1 saturated carbocycles. The molecule has 0 atom stereocenters. The first-order valence-corrected chi connectivity index (χ1v) is 11.5. The molecule has 9 heteroatoms. The highest BCUT2D eigenvalue weighted by atomic mass is 16.5. The molecule has 1 aromatic heterocycles. The Morgan fingerprint density at radius 3 is 2.22 bits per heavy atom. The second-order valence-electron chi connectivity index (χ2n) is 8.82. The average Bonchev–Trinajstić information content (AvgIpc) is 3.10. The molecule has 3 rings (SSSR count). The molecular formula is C23H34N4O5. The van der Waals surface area contributed by atoms with E-state index in [1.165, 1.54) is 33.3 Å². The summed E-state index contributed by atoms with van der Waals surface area (Å²) < 4.78 is 4.83. The van der Waals surface area contributed by atoms with Crippen LogP contribution in [0.4, 0.5) is 4.79 Å². The van der Waals surface area contributed by atoms with Crippen LogP contribution in [0, 0.1) is 6.92 Å². The van der Waals surface area contributed by atoms with Gasteiger partial charge in [0.05, 0.1) is 24.8 Å². The first-order valence-electron chi connectivity index (χ1n) is 11.5. The summed E-state index contributed by atoms with van der Waals surface area (Å²) in [6.07, 6.45) is 6.99. The van der Waals surface area contributed by atoms with E-state index in [-0.39, 0.29) is 41.8 Å². The summed E-state index contributed by atoms with van der Waals surface area (Å²) in [6, 6.07) is 0.232. The fourth-order valence-electron chi connectivity index (χ4n) is 4.70. The minimum absolute atomic E-state index is 0.0111. The number of urea groups is 1. The lowest BCUT2D eigenvalue weighted by Gasteiger charge is -2.34. The van der Waals surface area contributed by atoms with Gasteiger partial charge in [0, 0.05) is 37.8 Å². The van der Waals surface area contributed by atoms with Crippen molar-refractivity contribution in [3.63, 3.8) is 0 Å². The Labute approximate surface area is 188 Å². The molecule has 0 radical (unpaired) electrons. The van der Waals surface area contributed by atoms with Gasteiger partial charge in [0.25, 0.3) is 0 Å². The van der Waals surface area contributed by atoms with Crippen molar-refractivity contribution < 1.29 is 23.9 Å². The second kappa shape index (κ2) is 10.7. The maximum atomic E-state index is 12.7. The molecule has 0 aromatic carbocycles. The fourth-order valence-corrected chi connectivity index (χ4v) is 4.70. The minimum Gasteiger partial charge on any atom is -0.465 e. The zero-order valence-corrected chi connectivity index (χ0v) is 19.2. The van der Waals surface area contributed by atoms with Gasteiger partial charge in [0.1, 0.15) is 0 Å². The van der Waals surface area contributed by atoms with Crippen LogP contribution in [0.5, 0.6) is 0 Å². The maximum Gasteiger partial charge on any atom is 0.339 e. The lowest BCUT2D eigenvalue weighted by atomic mass is 9.95. The average molecular weight is 447 g/mol. The summed E-state index contributed by atoms with van der Waals surface area (Å²) in [5.74, 6) is -1.03. The van der Waals surface area contributed by atoms with Gasteiger partial charge in [0.2, 0.25) is 5.91 Å². The Morgan fingerprint density at radius 2 is 1.62 bits per heavy atom. The number of aromatic amines is 1. The maximum absolute atomic E-state index is 12.7. The number of esters is 1. The molecule has 1 saturated heterocycles. The van der Waals surface area contributed by atoms with Gasteiger partial charge in [-0.3, -0.25) is 9.59 Å². The van der Waals surface area contributed by atoms with E-state index in [1.807, 2.05) is 4.90 Å². The highest BCUT2D eigenvalue weighted by Crippen LogP contribution is 2.21. The van der Waals surface area contributed by atoms with Crippen LogP contribution in [0.2, 0.25) is 0 Å². The van der Waals surface area contributed by atoms with Crippen molar-refractivity contribution in [2.45, 2.75) is 77.3 Å². The van der Waals surface area contributed by atoms with Gasteiger partial charge in [-0.05, 0) is 38.2 Å². The zero-order chi connectivity index (χ0) is 23.3. The third-order valence-corrected chi connectivity index (χ3v) is 6.49. The van der Waals surface area contributed by atoms with Crippen LogP contribution in [0.15, 0.2) is 0 Å². The van der Waals surface area contributed by atoms with Gasteiger partial charge >= 0.3 is 12.0 Å². The predicted molar refractivity (Wildman–Crippen MR) is 119 cm³/mol. The Bertz CT molecular complexity index is 864. The van der Waals surface area contributed by atoms with E-state index < -0.39 is 5.97 Å². The van der Waals surface area contributed by atoms with E-state index in [1.54, 1.807) is 6.92 Å². The summed E-state index contributed by atoms with van der Waals surface area (Å²) in [7, 11) is 1.27. The van der Waals surface area contributed by atoms with Crippen LogP contribution in [0.1, 0.15) is 84.0 Å². The highest BCUT2D eigenvalue weighted by Gasteiger charge is 2.28. The highest BCUT2D eigenvalue weighted by molar-refractivity contribution is 6.01. The standard InChI is InChI=1S/C23H34N4O5/c1-14-20(22(30)32-3)18(26-21(14)15(2)28)13-19(29)24-17-9-11-27(12-10-17)23(31)25-16-7-5-4-6-8-16/h16-17,26H,4-13H2,1-3H3,(H,24,29)(H,25,31). The van der Waals surface area contributed by atoms with Gasteiger partial charge in [-0.15, -0.1) is 0 Å². The lowest BCUT2D eigenvalue weighted by Crippen LogP contribution is -2.51. The molecule has 3 amide bonds. The number of nitrogens with one attached hydrogen (secondary N) is 3. The molecule has 32 heavy (non-hydrogen) atoms. The summed E-state index contributed by atoms with van der Waals surface area (Å²) in [4.78, 5) is 53.9. The molecule has 176 valence electrons. The van der Waals surface area contributed by atoms with E-state index in [0.717, 1.165) is 12.8 Å². The van der Waals surface area contributed by atoms with Gasteiger partial charge in [-0.2, -0.15) is 0 Å². The molecular weight excluding hydrogens is 412 g/mol. The van der Waals surface area contributed by atoms with E-state index in [4.69, 9.17) is 4.74 Å². The number of rotatable bonds is 6. The number of methoxy groups -OCH3 is 1. The van der Waals surface area contributed by atoms with Gasteiger partial charge in [-0.1, -0.05) is 19.3 Å². The van der Waals surface area contributed by atoms with Crippen LogP contribution in [0.25, 0.3) is 0 Å². The molecule has 0 bridgehead atoms. The quantitative estimate of drug-likeness (QED) is 0.458. The molecule has 1 aromatic rings. The van der Waals surface area contributed by atoms with Crippen LogP contribution >= 0.6 is 0 Å². The number of aromatic nitrogens is 1. The van der Waals surface area contributed by atoms with Crippen molar-refractivity contribution in [3.05, 3.63) is 22.5 Å². The van der Waals surface area contributed by atoms with Crippen LogP contribution in [0.3, 0.4) is 0 Å². The lowest BCUT2D eigenvalue weighted by molar-refractivity contribution is -0.121. The number of likely N-dealkylation sites (tertiary alicyclic amines) is 1. The molecule has 0 unspecified atom stereocenters. The first-order chi connectivity index (χ1) is 15.3. The van der Waals surface area contributed by atoms with Gasteiger partial charge in [-0.25, -0.2) is 9.59 Å². The van der Waals surface area contributed by atoms with E-state index >= 15 is 0 Å². The second-order valence-corrected chi connectivity index (χ2v) is 8.82. The number of piperidine rings is 1. The van der Waals surface area contributed by atoms with Crippen molar-refractivity contribution in [2.24, 2.45) is 0 Å². The number of Topliss-reactive ketones (excluding diaryl/α,β-unsaturated/α-hetero) is 1. The largest absolute Gasteiger partial charge is 0.465 e. The van der Waals surface area contributed by atoms with Crippen molar-refractivity contribution in [1.82, 2.24) is 20.5 Å². The van der Waals surface area contributed by atoms with Crippen LogP contribution < -0.4 is 10.6 Å². The monoisotopic (exact) mass is 446 g/mol. The molecule has 9 nitrogen and oxygen atoms in total. The number of amides is 3. The van der Waals surface area contributed by atoms with Crippen LogP contribution in [-0.4, -0.2) is 65.9 Å². The van der Waals surface area contributed by atoms with E-state index in [9.17, 15) is 19.2 Å². The number of carbonyl (C=O) groups is 4. The Morgan fingerprint density at radius 1 is 1.00 bits per heavy atom. The normalized spacial score (nSPS) is 17.7. The molecule has 3 N–H and O–H groups in total. The number of ether oxygens (including phenoxy) is 1. The molecule has 1 aliphatic heterocycles. The topological polar surface area (TPSA) is 121 Å². The number of hydrogen-bond acceptors (Lipinski definition) is 5. The Hall–Kier alpha value is -2.84. The number of hydrogen-bond donors (Lipinski definition) is 3. The molecule has 2 aliphatic rings. The van der Waals surface area contributed by atoms with Crippen molar-refractivity contribution in [3.8, 4) is 0 Å². The molecule has 0 spiro atoms. The zero-order valence-electron chi connectivity index (χ0n) is 19.2. The number of carbonyl (C=O) groups excluding carboxylic acids is 4. The van der Waals surface area contributed by atoms with Gasteiger partial charge < -0.3 is 25.3 Å². The summed E-state index contributed by atoms with van der Waals surface area (Å²) >= 11 is 0. The summed E-state index contributed by atoms with van der Waals surface area (Å²) in [5.41, 5.74) is 1.42. The van der Waals surface area contributed by atoms with Gasteiger partial charge in [0.15, 0.2) is 5.78 Å². The third kappa shape index (κ3) is 5.69. The number of nitrogens with zero attached hydrogens (tertiary/aromatic N) is 1. The summed E-state index contributed by atoms with van der Waals surface area (Å²) in [5, 5.41) is 6.14. The smallest absolute Gasteiger partial charge is 0.339 e. The SMILES string of the molecule is COC(=O)c1c(CC(=O)NC2CCN(C(=O)NC3CCCCC3)CC2)[nH]c(C(C)=O)c1C. The Balaban J connectivity index is 1.52. The van der Waals surface area contributed by atoms with E-state index in [0.29, 0.717) is 42.9 Å². The minimum atomic E-state index is -0.577.